The molecule has 20 heavy (non-hydrogen) atoms. The van der Waals surface area contributed by atoms with Gasteiger partial charge in [-0.05, 0) is 47.6 Å². The Hall–Kier alpha value is -1.59. The lowest BCUT2D eigenvalue weighted by Gasteiger charge is -2.21. The predicted octanol–water partition coefficient (Wildman–Crippen LogP) is 2.95. The number of carbonyl (C=O) groups excluding carboxylic acids is 2. The Labute approximate surface area is 119 Å². The number of rotatable bonds is 5. The number of hydrogen-bond acceptors (Lipinski definition) is 4. The van der Waals surface area contributed by atoms with Crippen molar-refractivity contribution in [2.24, 2.45) is 5.92 Å². The highest BCUT2D eigenvalue weighted by Crippen LogP contribution is 2.12. The van der Waals surface area contributed by atoms with Gasteiger partial charge in [-0.2, -0.15) is 0 Å². The van der Waals surface area contributed by atoms with Gasteiger partial charge in [0.2, 0.25) is 0 Å². The van der Waals surface area contributed by atoms with Crippen LogP contribution in [0.15, 0.2) is 11.9 Å². The van der Waals surface area contributed by atoms with Crippen LogP contribution in [0.25, 0.3) is 0 Å². The molecule has 1 N–H and O–H groups in total. The number of nitrogens with one attached hydrogen (secondary N) is 1. The van der Waals surface area contributed by atoms with Crippen molar-refractivity contribution < 1.29 is 23.5 Å². The highest BCUT2D eigenvalue weighted by atomic mass is 19.1. The molecule has 2 unspecified atom stereocenters. The Balaban J connectivity index is 4.50. The topological polar surface area (TPSA) is 64.6 Å². The van der Waals surface area contributed by atoms with E-state index in [-0.39, 0.29) is 6.61 Å². The van der Waals surface area contributed by atoms with E-state index < -0.39 is 35.5 Å². The molecule has 0 aliphatic rings. The van der Waals surface area contributed by atoms with Crippen LogP contribution in [0, 0.1) is 5.92 Å². The fourth-order valence-corrected chi connectivity index (χ4v) is 1.28. The van der Waals surface area contributed by atoms with Gasteiger partial charge in [-0.1, -0.05) is 0 Å². The first-order valence-electron chi connectivity index (χ1n) is 6.60. The maximum absolute atomic E-state index is 13.8. The molecular weight excluding hydrogens is 265 g/mol. The van der Waals surface area contributed by atoms with Crippen molar-refractivity contribution in [3.05, 3.63) is 11.9 Å². The van der Waals surface area contributed by atoms with Crippen LogP contribution in [0.4, 0.5) is 9.18 Å². The second-order valence-corrected chi connectivity index (χ2v) is 5.46. The molecule has 0 heterocycles. The Morgan fingerprint density at radius 1 is 1.30 bits per heavy atom. The van der Waals surface area contributed by atoms with E-state index in [2.05, 4.69) is 5.32 Å². The van der Waals surface area contributed by atoms with E-state index in [1.54, 1.807) is 27.7 Å². The minimum absolute atomic E-state index is 0.240. The molecule has 6 heteroatoms. The predicted molar refractivity (Wildman–Crippen MR) is 73.8 cm³/mol. The third-order valence-electron chi connectivity index (χ3n) is 2.21. The van der Waals surface area contributed by atoms with E-state index >= 15 is 0 Å². The second-order valence-electron chi connectivity index (χ2n) is 5.46. The monoisotopic (exact) mass is 289 g/mol. The summed E-state index contributed by atoms with van der Waals surface area (Å²) in [5.74, 6) is -1.83. The second kappa shape index (κ2) is 7.87. The first kappa shape index (κ1) is 18.4. The summed E-state index contributed by atoms with van der Waals surface area (Å²) in [4.78, 5) is 22.8. The van der Waals surface area contributed by atoms with Crippen LogP contribution in [-0.2, 0) is 14.3 Å². The van der Waals surface area contributed by atoms with Crippen molar-refractivity contribution in [1.29, 1.82) is 0 Å². The lowest BCUT2D eigenvalue weighted by atomic mass is 10.1. The number of halogens is 1. The van der Waals surface area contributed by atoms with Crippen LogP contribution < -0.4 is 5.32 Å². The summed E-state index contributed by atoms with van der Waals surface area (Å²) in [6, 6.07) is -0.873. The van der Waals surface area contributed by atoms with Crippen molar-refractivity contribution in [3.63, 3.8) is 0 Å². The molecule has 0 radical (unpaired) electrons. The normalized spacial score (nSPS) is 15.2. The van der Waals surface area contributed by atoms with Gasteiger partial charge >= 0.3 is 12.1 Å². The molecule has 0 fully saturated rings. The Morgan fingerprint density at radius 2 is 1.85 bits per heavy atom. The SMILES string of the molecule is CCOC(=O)C(C)/C=C(\F)C(C)NC(=O)OC(C)(C)C. The molecule has 0 aromatic heterocycles. The van der Waals surface area contributed by atoms with Gasteiger partial charge in [-0.25, -0.2) is 9.18 Å². The van der Waals surface area contributed by atoms with Gasteiger partial charge in [0.25, 0.3) is 0 Å². The van der Waals surface area contributed by atoms with Gasteiger partial charge in [0.05, 0.1) is 18.6 Å². The fourth-order valence-electron chi connectivity index (χ4n) is 1.28. The number of carbonyl (C=O) groups is 2. The zero-order chi connectivity index (χ0) is 15.9. The number of hydrogen-bond donors (Lipinski definition) is 1. The molecule has 116 valence electrons. The molecule has 0 aliphatic heterocycles. The molecular formula is C14H24FNO4. The fraction of sp³-hybridized carbons (Fsp3) is 0.714. The molecule has 0 aliphatic carbocycles. The standard InChI is InChI=1S/C14H24FNO4/c1-7-19-12(17)9(2)8-11(15)10(3)16-13(18)20-14(4,5)6/h8-10H,7H2,1-6H3,(H,16,18)/b11-8-. The van der Waals surface area contributed by atoms with Crippen LogP contribution in [0.1, 0.15) is 41.5 Å². The molecule has 0 aromatic rings. The highest BCUT2D eigenvalue weighted by molar-refractivity contribution is 5.74. The first-order valence-corrected chi connectivity index (χ1v) is 6.60. The summed E-state index contributed by atoms with van der Waals surface area (Å²) in [6.45, 7) is 10.1. The van der Waals surface area contributed by atoms with Crippen LogP contribution >= 0.6 is 0 Å². The summed E-state index contributed by atoms with van der Waals surface area (Å²) in [6.07, 6.45) is 0.414. The molecule has 0 bridgehead atoms. The third kappa shape index (κ3) is 7.76. The van der Waals surface area contributed by atoms with Crippen molar-refractivity contribution in [3.8, 4) is 0 Å². The van der Waals surface area contributed by atoms with Crippen molar-refractivity contribution >= 4 is 12.1 Å². The van der Waals surface area contributed by atoms with Crippen LogP contribution in [0.5, 0.6) is 0 Å². The molecule has 1 amide bonds. The molecule has 0 aromatic carbocycles. The zero-order valence-electron chi connectivity index (χ0n) is 13.0. The van der Waals surface area contributed by atoms with E-state index in [9.17, 15) is 14.0 Å². The van der Waals surface area contributed by atoms with Gasteiger partial charge < -0.3 is 14.8 Å². The highest BCUT2D eigenvalue weighted by Gasteiger charge is 2.20. The van der Waals surface area contributed by atoms with Crippen LogP contribution in [-0.4, -0.2) is 30.3 Å². The van der Waals surface area contributed by atoms with E-state index in [0.717, 1.165) is 6.08 Å². The van der Waals surface area contributed by atoms with Crippen LogP contribution in [0.2, 0.25) is 0 Å². The maximum atomic E-state index is 13.8. The number of alkyl carbamates (subject to hydrolysis) is 1. The lowest BCUT2D eigenvalue weighted by molar-refractivity contribution is -0.145. The zero-order valence-corrected chi connectivity index (χ0v) is 13.0. The van der Waals surface area contributed by atoms with E-state index in [1.807, 2.05) is 0 Å². The molecule has 5 nitrogen and oxygen atoms in total. The Kier molecular flexibility index (Phi) is 7.24. The van der Waals surface area contributed by atoms with Crippen molar-refractivity contribution in [2.45, 2.75) is 53.2 Å². The summed E-state index contributed by atoms with van der Waals surface area (Å²) in [5.41, 5.74) is -0.651. The molecule has 2 atom stereocenters. The van der Waals surface area contributed by atoms with Crippen LogP contribution in [0.3, 0.4) is 0 Å². The average molecular weight is 289 g/mol. The number of ether oxygens (including phenoxy) is 2. The quantitative estimate of drug-likeness (QED) is 0.790. The summed E-state index contributed by atoms with van der Waals surface area (Å²) in [5, 5.41) is 2.36. The van der Waals surface area contributed by atoms with Gasteiger partial charge in [0.1, 0.15) is 11.4 Å². The first-order chi connectivity index (χ1) is 9.06. The molecule has 0 saturated heterocycles. The Bertz CT molecular complexity index is 374. The maximum Gasteiger partial charge on any atom is 0.408 e. The number of esters is 1. The van der Waals surface area contributed by atoms with Gasteiger partial charge in [-0.3, -0.25) is 4.79 Å². The van der Waals surface area contributed by atoms with Gasteiger partial charge in [0.15, 0.2) is 0 Å². The minimum atomic E-state index is -0.873. The Morgan fingerprint density at radius 3 is 2.30 bits per heavy atom. The van der Waals surface area contributed by atoms with E-state index in [1.165, 1.54) is 13.8 Å². The summed E-state index contributed by atoms with van der Waals surface area (Å²) in [7, 11) is 0. The average Bonchev–Trinajstić information content (AvgIpc) is 2.26. The lowest BCUT2D eigenvalue weighted by Crippen LogP contribution is -2.38. The summed E-state index contributed by atoms with van der Waals surface area (Å²) < 4.78 is 23.6. The largest absolute Gasteiger partial charge is 0.466 e. The number of amides is 1. The van der Waals surface area contributed by atoms with E-state index in [4.69, 9.17) is 9.47 Å². The molecule has 0 spiro atoms. The van der Waals surface area contributed by atoms with Crippen molar-refractivity contribution in [1.82, 2.24) is 5.32 Å². The summed E-state index contributed by atoms with van der Waals surface area (Å²) >= 11 is 0. The van der Waals surface area contributed by atoms with Gasteiger partial charge in [0, 0.05) is 0 Å². The van der Waals surface area contributed by atoms with Gasteiger partial charge in [-0.15, -0.1) is 0 Å². The van der Waals surface area contributed by atoms with E-state index in [0.29, 0.717) is 0 Å². The minimum Gasteiger partial charge on any atom is -0.466 e. The molecule has 0 saturated carbocycles. The molecule has 0 rings (SSSR count). The smallest absolute Gasteiger partial charge is 0.408 e. The third-order valence-corrected chi connectivity index (χ3v) is 2.21. The van der Waals surface area contributed by atoms with Crippen molar-refractivity contribution in [2.75, 3.05) is 6.61 Å².